The van der Waals surface area contributed by atoms with E-state index in [1.807, 2.05) is 6.07 Å². The Kier molecular flexibility index (Phi) is 6.52. The lowest BCUT2D eigenvalue weighted by Crippen LogP contribution is -2.43. The maximum Gasteiger partial charge on any atom is 0.319 e. The van der Waals surface area contributed by atoms with E-state index >= 15 is 4.39 Å². The molecule has 6 heterocycles. The van der Waals surface area contributed by atoms with Gasteiger partial charge in [0, 0.05) is 18.7 Å². The number of pyridine rings is 1. The van der Waals surface area contributed by atoms with Crippen LogP contribution in [0.15, 0.2) is 12.1 Å². The number of hydrogen-bond acceptors (Lipinski definition) is 8. The van der Waals surface area contributed by atoms with E-state index in [1.165, 1.54) is 12.8 Å². The van der Waals surface area contributed by atoms with Gasteiger partial charge in [0.2, 0.25) is 0 Å². The van der Waals surface area contributed by atoms with Crippen LogP contribution in [0, 0.1) is 5.82 Å². The van der Waals surface area contributed by atoms with Crippen LogP contribution in [0.3, 0.4) is 0 Å². The third kappa shape index (κ3) is 4.26. The molecule has 0 amide bonds. The molecule has 0 bridgehead atoms. The molecule has 5 aliphatic rings. The van der Waals surface area contributed by atoms with Gasteiger partial charge in [-0.1, -0.05) is 6.92 Å². The average molecular weight is 574 g/mol. The largest absolute Gasteiger partial charge is 0.508 e. The van der Waals surface area contributed by atoms with Crippen molar-refractivity contribution in [3.05, 3.63) is 34.8 Å². The zero-order valence-corrected chi connectivity index (χ0v) is 24.5. The minimum Gasteiger partial charge on any atom is -0.508 e. The molecular weight excluding hydrogens is 533 g/mol. The number of aryl methyl sites for hydroxylation is 2. The van der Waals surface area contributed by atoms with E-state index < -0.39 is 5.82 Å². The minimum atomic E-state index is -0.459. The van der Waals surface area contributed by atoms with Gasteiger partial charge in [0.1, 0.15) is 29.4 Å². The van der Waals surface area contributed by atoms with Crippen LogP contribution in [0.1, 0.15) is 81.0 Å². The highest BCUT2D eigenvalue weighted by atomic mass is 19.1. The van der Waals surface area contributed by atoms with Gasteiger partial charge >= 0.3 is 6.01 Å². The summed E-state index contributed by atoms with van der Waals surface area (Å²) in [4.78, 5) is 19.7. The van der Waals surface area contributed by atoms with Gasteiger partial charge in [-0.15, -0.1) is 0 Å². The van der Waals surface area contributed by atoms with Gasteiger partial charge in [0.05, 0.1) is 29.3 Å². The highest BCUT2D eigenvalue weighted by Gasteiger charge is 2.45. The summed E-state index contributed by atoms with van der Waals surface area (Å²) in [7, 11) is 0. The Labute approximate surface area is 246 Å². The maximum atomic E-state index is 16.9. The van der Waals surface area contributed by atoms with Crippen LogP contribution < -0.4 is 9.64 Å². The molecule has 3 aromatic rings. The van der Waals surface area contributed by atoms with Gasteiger partial charge in [0.25, 0.3) is 0 Å². The molecule has 1 N–H and O–H groups in total. The third-order valence-corrected chi connectivity index (χ3v) is 10.6. The van der Waals surface area contributed by atoms with Crippen molar-refractivity contribution in [1.82, 2.24) is 19.9 Å². The fraction of sp³-hybridized carbons (Fsp3) is 0.606. The molecule has 2 atom stereocenters. The van der Waals surface area contributed by atoms with Gasteiger partial charge in [0.15, 0.2) is 5.82 Å². The molecule has 1 aromatic carbocycles. The molecule has 2 unspecified atom stereocenters. The average Bonchev–Trinajstić information content (AvgIpc) is 3.42. The van der Waals surface area contributed by atoms with Gasteiger partial charge in [-0.05, 0) is 106 Å². The number of halogens is 1. The van der Waals surface area contributed by atoms with Crippen molar-refractivity contribution in [3.8, 4) is 23.0 Å². The molecular formula is C33H40FN5O3. The van der Waals surface area contributed by atoms with Gasteiger partial charge in [-0.2, -0.15) is 9.97 Å². The van der Waals surface area contributed by atoms with Crippen LogP contribution in [0.2, 0.25) is 0 Å². The Hall–Kier alpha value is -3.04. The van der Waals surface area contributed by atoms with Crippen molar-refractivity contribution in [2.24, 2.45) is 0 Å². The normalized spacial score (nSPS) is 25.0. The first-order valence-corrected chi connectivity index (χ1v) is 16.0. The van der Waals surface area contributed by atoms with Crippen LogP contribution in [0.25, 0.3) is 22.2 Å². The number of phenols is 1. The van der Waals surface area contributed by atoms with Crippen molar-refractivity contribution in [2.45, 2.75) is 88.6 Å². The summed E-state index contributed by atoms with van der Waals surface area (Å²) in [6.07, 6.45) is 9.98. The fourth-order valence-corrected chi connectivity index (χ4v) is 8.57. The topological polar surface area (TPSA) is 83.8 Å². The second-order valence-electron chi connectivity index (χ2n) is 13.2. The number of nitrogens with zero attached hydrogens (tertiary/aromatic N) is 5. The number of phenolic OH excluding ortho intramolecular Hbond substituents is 1. The van der Waals surface area contributed by atoms with Crippen LogP contribution in [-0.4, -0.2) is 76.0 Å². The molecule has 0 spiro atoms. The van der Waals surface area contributed by atoms with Crippen molar-refractivity contribution < 1.29 is 19.0 Å². The molecule has 4 aliphatic heterocycles. The second-order valence-corrected chi connectivity index (χ2v) is 13.2. The molecule has 0 saturated carbocycles. The molecule has 42 heavy (non-hydrogen) atoms. The summed E-state index contributed by atoms with van der Waals surface area (Å²) in [5.41, 5.74) is 4.27. The van der Waals surface area contributed by atoms with Crippen molar-refractivity contribution in [2.75, 3.05) is 44.4 Å². The number of aromatic hydroxyl groups is 1. The molecule has 0 radical (unpaired) electrons. The van der Waals surface area contributed by atoms with Crippen LogP contribution in [0.5, 0.6) is 11.8 Å². The van der Waals surface area contributed by atoms with E-state index in [2.05, 4.69) is 16.7 Å². The first kappa shape index (κ1) is 26.6. The first-order chi connectivity index (χ1) is 20.5. The summed E-state index contributed by atoms with van der Waals surface area (Å²) < 4.78 is 29.3. The zero-order chi connectivity index (χ0) is 28.4. The smallest absolute Gasteiger partial charge is 0.319 e. The SMILES string of the molecule is CC1CCCc2cc(O)cc(-c3nc4c5c(nc(OCC67CCCN6CCC7)nc5c3F)N3CCCOCC3CC4)c21. The number of rotatable bonds is 4. The van der Waals surface area contributed by atoms with E-state index in [1.54, 1.807) is 6.07 Å². The Balaban J connectivity index is 1.30. The van der Waals surface area contributed by atoms with E-state index in [0.29, 0.717) is 37.2 Å². The first-order valence-electron chi connectivity index (χ1n) is 16.0. The number of ether oxygens (including phenoxy) is 2. The quantitative estimate of drug-likeness (QED) is 0.437. The monoisotopic (exact) mass is 573 g/mol. The van der Waals surface area contributed by atoms with Crippen LogP contribution in [0.4, 0.5) is 10.2 Å². The van der Waals surface area contributed by atoms with Crippen LogP contribution >= 0.6 is 0 Å². The second kappa shape index (κ2) is 10.3. The lowest BCUT2D eigenvalue weighted by atomic mass is 9.80. The minimum absolute atomic E-state index is 0.0370. The Bertz CT molecular complexity index is 1540. The summed E-state index contributed by atoms with van der Waals surface area (Å²) in [6, 6.07) is 3.90. The number of fused-ring (bicyclic) bond motifs is 4. The molecule has 1 aliphatic carbocycles. The third-order valence-electron chi connectivity index (χ3n) is 10.6. The van der Waals surface area contributed by atoms with Gasteiger partial charge < -0.3 is 19.5 Å². The highest BCUT2D eigenvalue weighted by molar-refractivity contribution is 5.95. The lowest BCUT2D eigenvalue weighted by molar-refractivity contribution is 0.108. The van der Waals surface area contributed by atoms with Crippen LogP contribution in [-0.2, 0) is 17.6 Å². The standard InChI is InChI=1S/C33H40FN5O3/c1-20-6-2-7-21-16-23(40)17-24(26(20)21)29-28(34)30-27-25(35-29)9-8-22-18-41-15-5-14-39(22)31(27)37-32(36-30)42-19-33-10-3-12-38(33)13-4-11-33/h16-17,20,22,40H,2-15,18-19H2,1H3. The Morgan fingerprint density at radius 1 is 1.05 bits per heavy atom. The highest BCUT2D eigenvalue weighted by Crippen LogP contribution is 2.45. The molecule has 2 aromatic heterocycles. The summed E-state index contributed by atoms with van der Waals surface area (Å²) >= 11 is 0. The van der Waals surface area contributed by atoms with E-state index in [0.717, 1.165) is 87.2 Å². The number of hydrogen-bond donors (Lipinski definition) is 1. The summed E-state index contributed by atoms with van der Waals surface area (Å²) in [5.74, 6) is 0.670. The van der Waals surface area contributed by atoms with E-state index in [-0.39, 0.29) is 40.5 Å². The summed E-state index contributed by atoms with van der Waals surface area (Å²) in [6.45, 7) is 7.05. The zero-order valence-electron chi connectivity index (χ0n) is 24.5. The van der Waals surface area contributed by atoms with E-state index in [4.69, 9.17) is 24.4 Å². The molecule has 9 heteroatoms. The summed E-state index contributed by atoms with van der Waals surface area (Å²) in [5, 5.41) is 11.4. The predicted molar refractivity (Wildman–Crippen MR) is 159 cm³/mol. The molecule has 8 nitrogen and oxygen atoms in total. The van der Waals surface area contributed by atoms with Crippen molar-refractivity contribution in [3.63, 3.8) is 0 Å². The molecule has 3 fully saturated rings. The number of aromatic nitrogens is 3. The van der Waals surface area contributed by atoms with Gasteiger partial charge in [-0.25, -0.2) is 9.37 Å². The molecule has 3 saturated heterocycles. The van der Waals surface area contributed by atoms with Crippen molar-refractivity contribution >= 4 is 16.7 Å². The Morgan fingerprint density at radius 3 is 2.76 bits per heavy atom. The van der Waals surface area contributed by atoms with Gasteiger partial charge in [-0.3, -0.25) is 4.90 Å². The molecule has 222 valence electrons. The fourth-order valence-electron chi connectivity index (χ4n) is 8.57. The number of benzene rings is 1. The van der Waals surface area contributed by atoms with Crippen molar-refractivity contribution in [1.29, 1.82) is 0 Å². The lowest BCUT2D eigenvalue weighted by Gasteiger charge is -2.32. The number of anilines is 1. The predicted octanol–water partition coefficient (Wildman–Crippen LogP) is 5.53. The van der Waals surface area contributed by atoms with E-state index in [9.17, 15) is 5.11 Å². The maximum absolute atomic E-state index is 16.9. The Morgan fingerprint density at radius 2 is 1.90 bits per heavy atom. The molecule has 8 rings (SSSR count).